The van der Waals surface area contributed by atoms with Gasteiger partial charge in [0, 0.05) is 11.6 Å². The number of carbonyl (C=O) groups is 1. The van der Waals surface area contributed by atoms with E-state index in [0.717, 1.165) is 6.92 Å². The summed E-state index contributed by atoms with van der Waals surface area (Å²) in [7, 11) is 0. The minimum atomic E-state index is -2.09. The van der Waals surface area contributed by atoms with Gasteiger partial charge in [0.1, 0.15) is 5.56 Å². The van der Waals surface area contributed by atoms with Gasteiger partial charge in [-0.1, -0.05) is 0 Å². The minimum Gasteiger partial charge on any atom is -0.477 e. The van der Waals surface area contributed by atoms with Crippen LogP contribution >= 0.6 is 0 Å². The van der Waals surface area contributed by atoms with Crippen LogP contribution in [0.2, 0.25) is 0 Å². The van der Waals surface area contributed by atoms with Crippen LogP contribution in [0.25, 0.3) is 0 Å². The van der Waals surface area contributed by atoms with Crippen molar-refractivity contribution in [2.45, 2.75) is 13.0 Å². The van der Waals surface area contributed by atoms with E-state index in [4.69, 9.17) is 10.8 Å². The molecular formula is C9H7F4NO2. The molecular weight excluding hydrogens is 230 g/mol. The van der Waals surface area contributed by atoms with Crippen molar-refractivity contribution in [3.8, 4) is 0 Å². The minimum absolute atomic E-state index is 1.01. The van der Waals surface area contributed by atoms with Crippen LogP contribution in [0.1, 0.15) is 28.9 Å². The zero-order chi connectivity index (χ0) is 12.6. The lowest BCUT2D eigenvalue weighted by molar-refractivity contribution is 0.0683. The molecule has 0 fully saturated rings. The first-order chi connectivity index (χ1) is 7.29. The standard InChI is InChI=1S/C9H7F4NO2/c1-2(14)3-5(10)7(12)4(9(15)16)8(13)6(3)11/h2H,14H2,1H3,(H,15,16). The Morgan fingerprint density at radius 3 is 1.75 bits per heavy atom. The average Bonchev–Trinajstić information content (AvgIpc) is 2.14. The van der Waals surface area contributed by atoms with E-state index in [0.29, 0.717) is 0 Å². The summed E-state index contributed by atoms with van der Waals surface area (Å²) >= 11 is 0. The number of carboxylic acid groups (broad SMARTS) is 1. The molecule has 0 aliphatic heterocycles. The molecule has 0 heterocycles. The van der Waals surface area contributed by atoms with Crippen LogP contribution in [-0.2, 0) is 0 Å². The first kappa shape index (κ1) is 12.4. The molecule has 1 atom stereocenters. The first-order valence-corrected chi connectivity index (χ1v) is 4.13. The fourth-order valence-electron chi connectivity index (χ4n) is 1.24. The van der Waals surface area contributed by atoms with Crippen molar-refractivity contribution in [1.82, 2.24) is 0 Å². The Hall–Kier alpha value is -1.63. The van der Waals surface area contributed by atoms with Gasteiger partial charge < -0.3 is 10.8 Å². The molecule has 3 nitrogen and oxygen atoms in total. The molecule has 1 aromatic rings. The van der Waals surface area contributed by atoms with E-state index < -0.39 is 46.4 Å². The van der Waals surface area contributed by atoms with Gasteiger partial charge in [0.15, 0.2) is 23.3 Å². The third kappa shape index (κ3) is 1.73. The summed E-state index contributed by atoms with van der Waals surface area (Å²) in [4.78, 5) is 10.4. The van der Waals surface area contributed by atoms with Crippen molar-refractivity contribution in [3.63, 3.8) is 0 Å². The normalized spacial score (nSPS) is 12.6. The van der Waals surface area contributed by atoms with E-state index in [1.54, 1.807) is 0 Å². The molecule has 7 heteroatoms. The summed E-state index contributed by atoms with van der Waals surface area (Å²) in [6, 6.07) is -1.30. The number of halogens is 4. The van der Waals surface area contributed by atoms with E-state index in [9.17, 15) is 22.4 Å². The highest BCUT2D eigenvalue weighted by molar-refractivity contribution is 5.88. The van der Waals surface area contributed by atoms with Crippen molar-refractivity contribution in [2.24, 2.45) is 5.73 Å². The molecule has 0 radical (unpaired) electrons. The molecule has 0 aliphatic rings. The van der Waals surface area contributed by atoms with E-state index in [1.165, 1.54) is 0 Å². The SMILES string of the molecule is CC(N)c1c(F)c(F)c(C(=O)O)c(F)c1F. The second-order valence-electron chi connectivity index (χ2n) is 3.14. The van der Waals surface area contributed by atoms with Gasteiger partial charge in [-0.05, 0) is 6.92 Å². The van der Waals surface area contributed by atoms with Crippen molar-refractivity contribution in [1.29, 1.82) is 0 Å². The van der Waals surface area contributed by atoms with E-state index in [1.807, 2.05) is 0 Å². The molecule has 88 valence electrons. The van der Waals surface area contributed by atoms with E-state index in [-0.39, 0.29) is 0 Å². The van der Waals surface area contributed by atoms with Crippen molar-refractivity contribution < 1.29 is 27.5 Å². The molecule has 0 aromatic heterocycles. The highest BCUT2D eigenvalue weighted by Gasteiger charge is 2.30. The monoisotopic (exact) mass is 237 g/mol. The first-order valence-electron chi connectivity index (χ1n) is 4.13. The van der Waals surface area contributed by atoms with Crippen LogP contribution in [0.5, 0.6) is 0 Å². The summed E-state index contributed by atoms with van der Waals surface area (Å²) in [5.74, 6) is -9.58. The smallest absolute Gasteiger partial charge is 0.341 e. The summed E-state index contributed by atoms with van der Waals surface area (Å²) < 4.78 is 52.6. The van der Waals surface area contributed by atoms with Crippen LogP contribution in [-0.4, -0.2) is 11.1 Å². The maximum Gasteiger partial charge on any atom is 0.341 e. The van der Waals surface area contributed by atoms with Crippen molar-refractivity contribution in [2.75, 3.05) is 0 Å². The number of benzene rings is 1. The van der Waals surface area contributed by atoms with Gasteiger partial charge in [0.05, 0.1) is 0 Å². The Balaban J connectivity index is 3.70. The third-order valence-corrected chi connectivity index (χ3v) is 1.97. The fourth-order valence-corrected chi connectivity index (χ4v) is 1.24. The van der Waals surface area contributed by atoms with Gasteiger partial charge >= 0.3 is 5.97 Å². The zero-order valence-electron chi connectivity index (χ0n) is 8.02. The number of carboxylic acids is 1. The van der Waals surface area contributed by atoms with Gasteiger partial charge in [-0.15, -0.1) is 0 Å². The summed E-state index contributed by atoms with van der Waals surface area (Å²) in [6.07, 6.45) is 0. The van der Waals surface area contributed by atoms with Crippen molar-refractivity contribution >= 4 is 5.97 Å². The average molecular weight is 237 g/mol. The Kier molecular flexibility index (Phi) is 3.18. The highest BCUT2D eigenvalue weighted by atomic mass is 19.2. The van der Waals surface area contributed by atoms with Gasteiger partial charge in [-0.25, -0.2) is 22.4 Å². The highest BCUT2D eigenvalue weighted by Crippen LogP contribution is 2.27. The maximum atomic E-state index is 13.2. The van der Waals surface area contributed by atoms with Crippen LogP contribution in [0, 0.1) is 23.3 Å². The molecule has 1 unspecified atom stereocenters. The number of nitrogens with two attached hydrogens (primary N) is 1. The molecule has 0 amide bonds. The number of rotatable bonds is 2. The van der Waals surface area contributed by atoms with Crippen molar-refractivity contribution in [3.05, 3.63) is 34.4 Å². The van der Waals surface area contributed by atoms with E-state index >= 15 is 0 Å². The second kappa shape index (κ2) is 4.09. The molecule has 0 bridgehead atoms. The van der Waals surface area contributed by atoms with Gasteiger partial charge in [0.2, 0.25) is 0 Å². The molecule has 3 N–H and O–H groups in total. The Morgan fingerprint density at radius 1 is 1.12 bits per heavy atom. The van der Waals surface area contributed by atoms with E-state index in [2.05, 4.69) is 0 Å². The Bertz CT molecular complexity index is 430. The van der Waals surface area contributed by atoms with Crippen LogP contribution in [0.4, 0.5) is 17.6 Å². The predicted molar refractivity (Wildman–Crippen MR) is 45.8 cm³/mol. The second-order valence-corrected chi connectivity index (χ2v) is 3.14. The Morgan fingerprint density at radius 2 is 1.50 bits per heavy atom. The maximum absolute atomic E-state index is 13.2. The molecule has 0 saturated heterocycles. The summed E-state index contributed by atoms with van der Waals surface area (Å²) in [5, 5.41) is 8.38. The zero-order valence-corrected chi connectivity index (χ0v) is 8.02. The topological polar surface area (TPSA) is 63.3 Å². The molecule has 0 saturated carbocycles. The van der Waals surface area contributed by atoms with Gasteiger partial charge in [0.25, 0.3) is 0 Å². The summed E-state index contributed by atoms with van der Waals surface area (Å²) in [6.45, 7) is 1.11. The Labute approximate surface area is 87.5 Å². The molecule has 1 aromatic carbocycles. The predicted octanol–water partition coefficient (Wildman–Crippen LogP) is 1.96. The molecule has 1 rings (SSSR count). The number of hydrogen-bond donors (Lipinski definition) is 2. The van der Waals surface area contributed by atoms with Crippen LogP contribution < -0.4 is 5.73 Å². The van der Waals surface area contributed by atoms with Gasteiger partial charge in [-0.2, -0.15) is 0 Å². The fraction of sp³-hybridized carbons (Fsp3) is 0.222. The van der Waals surface area contributed by atoms with Crippen LogP contribution in [0.15, 0.2) is 0 Å². The number of hydrogen-bond acceptors (Lipinski definition) is 2. The molecule has 0 spiro atoms. The largest absolute Gasteiger partial charge is 0.477 e. The van der Waals surface area contributed by atoms with Gasteiger partial charge in [-0.3, -0.25) is 0 Å². The van der Waals surface area contributed by atoms with Crippen LogP contribution in [0.3, 0.4) is 0 Å². The summed E-state index contributed by atoms with van der Waals surface area (Å²) in [5.41, 5.74) is 2.44. The molecule has 16 heavy (non-hydrogen) atoms. The lowest BCUT2D eigenvalue weighted by Crippen LogP contribution is -2.17. The quantitative estimate of drug-likeness (QED) is 0.610. The number of aromatic carboxylic acids is 1. The third-order valence-electron chi connectivity index (χ3n) is 1.97. The lowest BCUT2D eigenvalue weighted by atomic mass is 10.0. The lowest BCUT2D eigenvalue weighted by Gasteiger charge is -2.12. The molecule has 0 aliphatic carbocycles.